The van der Waals surface area contributed by atoms with Gasteiger partial charge in [0.15, 0.2) is 0 Å². The Morgan fingerprint density at radius 2 is 1.89 bits per heavy atom. The highest BCUT2D eigenvalue weighted by Gasteiger charge is 2.25. The number of fused-ring (bicyclic) bond motifs is 1. The molecule has 0 spiro atoms. The van der Waals surface area contributed by atoms with Crippen LogP contribution in [0.15, 0.2) is 41.3 Å². The number of aryl methyl sites for hydroxylation is 1. The van der Waals surface area contributed by atoms with Gasteiger partial charge in [-0.15, -0.1) is 0 Å². The Hall–Kier alpha value is -2.48. The van der Waals surface area contributed by atoms with E-state index in [0.717, 1.165) is 29.8 Å². The molecule has 1 aliphatic heterocycles. The van der Waals surface area contributed by atoms with Gasteiger partial charge < -0.3 is 4.90 Å². The zero-order valence-electron chi connectivity index (χ0n) is 15.0. The second-order valence-corrected chi connectivity index (χ2v) is 8.42. The number of hydrogen-bond donors (Lipinski definition) is 1. The Morgan fingerprint density at radius 1 is 1.15 bits per heavy atom. The second-order valence-electron chi connectivity index (χ2n) is 6.77. The van der Waals surface area contributed by atoms with Gasteiger partial charge in [-0.1, -0.05) is 13.8 Å². The van der Waals surface area contributed by atoms with Crippen molar-refractivity contribution in [3.05, 3.63) is 53.6 Å². The highest BCUT2D eigenvalue weighted by atomic mass is 32.2. The zero-order chi connectivity index (χ0) is 19.8. The summed E-state index contributed by atoms with van der Waals surface area (Å²) in [6.07, 6.45) is 1.46. The van der Waals surface area contributed by atoms with E-state index in [1.807, 2.05) is 13.8 Å². The summed E-state index contributed by atoms with van der Waals surface area (Å²) >= 11 is 0. The van der Waals surface area contributed by atoms with Crippen LogP contribution in [-0.2, 0) is 21.2 Å². The number of halogens is 2. The third-order valence-corrected chi connectivity index (χ3v) is 5.79. The molecule has 3 rings (SSSR count). The smallest absolute Gasteiger partial charge is 0.264 e. The molecule has 1 heterocycles. The molecule has 27 heavy (non-hydrogen) atoms. The fourth-order valence-corrected chi connectivity index (χ4v) is 4.23. The van der Waals surface area contributed by atoms with Crippen LogP contribution in [0.1, 0.15) is 25.8 Å². The zero-order valence-corrected chi connectivity index (χ0v) is 15.8. The maximum Gasteiger partial charge on any atom is 0.264 e. The molecule has 1 amide bonds. The van der Waals surface area contributed by atoms with Gasteiger partial charge in [-0.25, -0.2) is 17.2 Å². The topological polar surface area (TPSA) is 66.5 Å². The molecule has 8 heteroatoms. The van der Waals surface area contributed by atoms with Gasteiger partial charge in [0, 0.05) is 23.8 Å². The van der Waals surface area contributed by atoms with Crippen molar-refractivity contribution < 1.29 is 22.0 Å². The summed E-state index contributed by atoms with van der Waals surface area (Å²) in [6, 6.07) is 7.08. The number of amides is 1. The average molecular weight is 394 g/mol. The van der Waals surface area contributed by atoms with E-state index >= 15 is 0 Å². The van der Waals surface area contributed by atoms with Crippen molar-refractivity contribution in [1.29, 1.82) is 0 Å². The molecule has 0 bridgehead atoms. The molecule has 0 atom stereocenters. The van der Waals surface area contributed by atoms with Crippen LogP contribution in [0.25, 0.3) is 0 Å². The standard InChI is InChI=1S/C19H20F2N2O3S/c1-12(2)19(24)23-9-3-4-13-10-15(6-8-17(13)23)22-27(25,26)18-11-14(20)5-7-16(18)21/h5-8,10-12,22H,3-4,9H2,1-2H3. The van der Waals surface area contributed by atoms with Crippen LogP contribution in [0, 0.1) is 17.6 Å². The van der Waals surface area contributed by atoms with E-state index in [2.05, 4.69) is 4.72 Å². The molecule has 0 aromatic heterocycles. The number of sulfonamides is 1. The number of nitrogens with one attached hydrogen (secondary N) is 1. The molecule has 1 N–H and O–H groups in total. The Kier molecular flexibility index (Phi) is 5.19. The number of carbonyl (C=O) groups is 1. The summed E-state index contributed by atoms with van der Waals surface area (Å²) in [5, 5.41) is 0. The van der Waals surface area contributed by atoms with Crippen molar-refractivity contribution in [3.63, 3.8) is 0 Å². The Morgan fingerprint density at radius 3 is 2.59 bits per heavy atom. The first-order chi connectivity index (χ1) is 12.7. The van der Waals surface area contributed by atoms with Gasteiger partial charge >= 0.3 is 0 Å². The summed E-state index contributed by atoms with van der Waals surface area (Å²) in [6.45, 7) is 4.27. The number of benzene rings is 2. The third kappa shape index (κ3) is 3.95. The van der Waals surface area contributed by atoms with Crippen LogP contribution in [0.3, 0.4) is 0 Å². The van der Waals surface area contributed by atoms with E-state index < -0.39 is 26.6 Å². The van der Waals surface area contributed by atoms with Crippen LogP contribution in [0.2, 0.25) is 0 Å². The predicted molar refractivity (Wildman–Crippen MR) is 99.1 cm³/mol. The molecule has 144 valence electrons. The molecule has 5 nitrogen and oxygen atoms in total. The van der Waals surface area contributed by atoms with Gasteiger partial charge in [-0.2, -0.15) is 0 Å². The molecule has 2 aromatic carbocycles. The average Bonchev–Trinajstić information content (AvgIpc) is 2.61. The number of nitrogens with zero attached hydrogens (tertiary/aromatic N) is 1. The highest BCUT2D eigenvalue weighted by molar-refractivity contribution is 7.92. The van der Waals surface area contributed by atoms with Crippen molar-refractivity contribution in [2.24, 2.45) is 5.92 Å². The molecule has 0 saturated carbocycles. The fraction of sp³-hybridized carbons (Fsp3) is 0.316. The highest BCUT2D eigenvalue weighted by Crippen LogP contribution is 2.31. The van der Waals surface area contributed by atoms with Crippen molar-refractivity contribution in [2.45, 2.75) is 31.6 Å². The maximum atomic E-state index is 13.8. The molecule has 1 aliphatic rings. The van der Waals surface area contributed by atoms with E-state index in [-0.39, 0.29) is 17.5 Å². The minimum atomic E-state index is -4.28. The molecule has 2 aromatic rings. The third-order valence-electron chi connectivity index (χ3n) is 4.39. The van der Waals surface area contributed by atoms with Gasteiger partial charge in [0.25, 0.3) is 10.0 Å². The summed E-state index contributed by atoms with van der Waals surface area (Å²) < 4.78 is 54.3. The SMILES string of the molecule is CC(C)C(=O)N1CCCc2cc(NS(=O)(=O)c3cc(F)ccc3F)ccc21. The molecule has 0 radical (unpaired) electrons. The Labute approximate surface area is 157 Å². The van der Waals surface area contributed by atoms with Gasteiger partial charge in [-0.3, -0.25) is 9.52 Å². The maximum absolute atomic E-state index is 13.8. The number of rotatable bonds is 4. The monoisotopic (exact) mass is 394 g/mol. The van der Waals surface area contributed by atoms with Crippen molar-refractivity contribution >= 4 is 27.3 Å². The lowest BCUT2D eigenvalue weighted by atomic mass is 9.99. The number of anilines is 2. The Balaban J connectivity index is 1.91. The van der Waals surface area contributed by atoms with Crippen LogP contribution in [-0.4, -0.2) is 20.9 Å². The molecule has 0 unspecified atom stereocenters. The van der Waals surface area contributed by atoms with Crippen LogP contribution in [0.4, 0.5) is 20.2 Å². The summed E-state index contributed by atoms with van der Waals surface area (Å²) in [5.74, 6) is -2.02. The van der Waals surface area contributed by atoms with Crippen molar-refractivity contribution in [1.82, 2.24) is 0 Å². The molecular weight excluding hydrogens is 374 g/mol. The first-order valence-corrected chi connectivity index (χ1v) is 10.1. The van der Waals surface area contributed by atoms with E-state index in [4.69, 9.17) is 0 Å². The normalized spacial score (nSPS) is 14.2. The summed E-state index contributed by atoms with van der Waals surface area (Å²) in [4.78, 5) is 13.3. The number of carbonyl (C=O) groups excluding carboxylic acids is 1. The minimum Gasteiger partial charge on any atom is -0.312 e. The van der Waals surface area contributed by atoms with Crippen LogP contribution < -0.4 is 9.62 Å². The second kappa shape index (κ2) is 7.26. The van der Waals surface area contributed by atoms with Gasteiger partial charge in [-0.05, 0) is 54.8 Å². The molecule has 0 fully saturated rings. The van der Waals surface area contributed by atoms with E-state index in [1.165, 1.54) is 6.07 Å². The lowest BCUT2D eigenvalue weighted by Crippen LogP contribution is -2.38. The van der Waals surface area contributed by atoms with Gasteiger partial charge in [0.1, 0.15) is 16.5 Å². The molecule has 0 aliphatic carbocycles. The Bertz CT molecular complexity index is 990. The van der Waals surface area contributed by atoms with E-state index in [1.54, 1.807) is 17.0 Å². The minimum absolute atomic E-state index is 0.00566. The first kappa shape index (κ1) is 19.3. The quantitative estimate of drug-likeness (QED) is 0.860. The van der Waals surface area contributed by atoms with E-state index in [9.17, 15) is 22.0 Å². The number of hydrogen-bond acceptors (Lipinski definition) is 3. The summed E-state index contributed by atoms with van der Waals surface area (Å²) in [5.41, 5.74) is 1.81. The molecular formula is C19H20F2N2O3S. The van der Waals surface area contributed by atoms with Crippen LogP contribution >= 0.6 is 0 Å². The van der Waals surface area contributed by atoms with Gasteiger partial charge in [0.05, 0.1) is 0 Å². The fourth-order valence-electron chi connectivity index (χ4n) is 3.09. The predicted octanol–water partition coefficient (Wildman–Crippen LogP) is 3.70. The lowest BCUT2D eigenvalue weighted by molar-refractivity contribution is -0.121. The van der Waals surface area contributed by atoms with Crippen molar-refractivity contribution in [3.8, 4) is 0 Å². The van der Waals surface area contributed by atoms with Gasteiger partial charge in [0.2, 0.25) is 5.91 Å². The van der Waals surface area contributed by atoms with E-state index in [0.29, 0.717) is 19.0 Å². The largest absolute Gasteiger partial charge is 0.312 e. The first-order valence-electron chi connectivity index (χ1n) is 8.61. The van der Waals surface area contributed by atoms with Crippen LogP contribution in [0.5, 0.6) is 0 Å². The lowest BCUT2D eigenvalue weighted by Gasteiger charge is -2.31. The molecule has 0 saturated heterocycles. The van der Waals surface area contributed by atoms with Crippen molar-refractivity contribution in [2.75, 3.05) is 16.2 Å². The summed E-state index contributed by atoms with van der Waals surface area (Å²) in [7, 11) is -4.28.